The second-order valence-electron chi connectivity index (χ2n) is 0.354. The van der Waals surface area contributed by atoms with E-state index in [1.807, 2.05) is 0 Å². The van der Waals surface area contributed by atoms with Crippen LogP contribution >= 0.6 is 0 Å². The molecule has 12 heavy (non-hydrogen) atoms. The smallest absolute Gasteiger partial charge is 0.671 e. The van der Waals surface area contributed by atoms with Gasteiger partial charge in [0.15, 0.2) is 0 Å². The number of rotatable bonds is 0. The van der Waals surface area contributed by atoms with Gasteiger partial charge in [-0.3, -0.25) is 0 Å². The van der Waals surface area contributed by atoms with Crippen LogP contribution in [0.4, 0.5) is 0 Å². The predicted octanol–water partition coefficient (Wildman–Crippen LogP) is -8.40. The zero-order chi connectivity index (χ0) is 8.12. The van der Waals surface area contributed by atoms with Crippen molar-refractivity contribution in [1.29, 1.82) is 0 Å². The molecular formula is C3H6N3Na3O3. The zero-order valence-electron chi connectivity index (χ0n) is 7.46. The summed E-state index contributed by atoms with van der Waals surface area (Å²) in [5, 5.41) is 0. The van der Waals surface area contributed by atoms with Gasteiger partial charge in [0.05, 0.1) is 0 Å². The molecule has 0 heterocycles. The Kier molecular flexibility index (Phi) is 260. The van der Waals surface area contributed by atoms with Gasteiger partial charge in [-0.15, -0.1) is 0 Å². The van der Waals surface area contributed by atoms with E-state index in [1.165, 1.54) is 0 Å². The molecule has 0 aromatic heterocycles. The Labute approximate surface area is 137 Å². The molecule has 0 aliphatic rings. The van der Waals surface area contributed by atoms with Gasteiger partial charge in [0.2, 0.25) is 0 Å². The number of hydrogen-bond donors (Lipinski definition) is 0. The first-order chi connectivity index (χ1) is 4.24. The molecule has 0 rings (SSSR count). The summed E-state index contributed by atoms with van der Waals surface area (Å²) in [6.07, 6.45) is 0. The average Bonchev–Trinajstić information content (AvgIpc) is 1.70. The maximum absolute atomic E-state index is 8.47. The van der Waals surface area contributed by atoms with Crippen molar-refractivity contribution in [3.8, 4) is 0 Å². The van der Waals surface area contributed by atoms with E-state index in [1.54, 1.807) is 0 Å². The fourth-order valence-corrected chi connectivity index (χ4v) is 0. The van der Waals surface area contributed by atoms with Crippen LogP contribution < -0.4 is 88.7 Å². The van der Waals surface area contributed by atoms with E-state index in [2.05, 4.69) is 0 Å². The van der Waals surface area contributed by atoms with Crippen LogP contribution in [-0.4, -0.2) is 19.2 Å². The molecule has 0 bridgehead atoms. The average molecular weight is 201 g/mol. The molecule has 0 aromatic rings. The quantitative estimate of drug-likeness (QED) is 0.285. The van der Waals surface area contributed by atoms with Crippen LogP contribution in [-0.2, 0) is 14.4 Å². The Hall–Kier alpha value is 1.41. The van der Waals surface area contributed by atoms with Crippen molar-refractivity contribution in [2.45, 2.75) is 0 Å². The number of carbonyl (C=O) groups is 3. The van der Waals surface area contributed by atoms with Crippen LogP contribution in [0.3, 0.4) is 0 Å². The summed E-state index contributed by atoms with van der Waals surface area (Å²) in [7, 11) is 0. The minimum Gasteiger partial charge on any atom is -0.671 e. The van der Waals surface area contributed by atoms with Gasteiger partial charge in [0.25, 0.3) is 0 Å². The largest absolute Gasteiger partial charge is 1.00 e. The molecule has 6 nitrogen and oxygen atoms in total. The van der Waals surface area contributed by atoms with Crippen molar-refractivity contribution in [2.24, 2.45) is 0 Å². The van der Waals surface area contributed by atoms with Crippen LogP contribution in [0.25, 0.3) is 17.2 Å². The third-order valence-corrected chi connectivity index (χ3v) is 0. The van der Waals surface area contributed by atoms with Crippen molar-refractivity contribution in [1.82, 2.24) is 0 Å². The van der Waals surface area contributed by atoms with Gasteiger partial charge >= 0.3 is 88.7 Å². The van der Waals surface area contributed by atoms with Gasteiger partial charge in [0.1, 0.15) is 0 Å². The predicted molar refractivity (Wildman–Crippen MR) is 31.2 cm³/mol. The Bertz CT molecular complexity index is 60.8. The van der Waals surface area contributed by atoms with Crippen LogP contribution in [0.5, 0.6) is 0 Å². The van der Waals surface area contributed by atoms with Gasteiger partial charge in [0, 0.05) is 19.2 Å². The molecule has 0 unspecified atom stereocenters. The first-order valence-electron chi connectivity index (χ1n) is 1.57. The summed E-state index contributed by atoms with van der Waals surface area (Å²) < 4.78 is 0. The number of nitrogens with one attached hydrogen (secondary N) is 3. The molecule has 0 saturated heterocycles. The molecule has 3 amide bonds. The summed E-state index contributed by atoms with van der Waals surface area (Å²) in [5.74, 6) is 0. The number of hydrogen-bond acceptors (Lipinski definition) is 3. The van der Waals surface area contributed by atoms with E-state index in [-0.39, 0.29) is 108 Å². The monoisotopic (exact) mass is 201 g/mol. The van der Waals surface area contributed by atoms with Gasteiger partial charge in [-0.05, 0) is 0 Å². The molecule has 0 saturated carbocycles. The first-order valence-corrected chi connectivity index (χ1v) is 1.57. The Morgan fingerprint density at radius 1 is 0.583 bits per heavy atom. The normalized spacial score (nSPS) is 3.00. The SMILES string of the molecule is [NH-]C=O.[NH-]C=O.[NH-]C=O.[Na+].[Na+].[Na+]. The van der Waals surface area contributed by atoms with Gasteiger partial charge in [-0.1, -0.05) is 0 Å². The molecule has 54 valence electrons. The van der Waals surface area contributed by atoms with E-state index in [4.69, 9.17) is 31.6 Å². The van der Waals surface area contributed by atoms with Crippen LogP contribution in [0.1, 0.15) is 0 Å². The third kappa shape index (κ3) is 622. The maximum Gasteiger partial charge on any atom is 1.00 e. The van der Waals surface area contributed by atoms with Crippen molar-refractivity contribution >= 4 is 19.2 Å². The molecular weight excluding hydrogens is 195 g/mol. The third-order valence-electron chi connectivity index (χ3n) is 0. The number of carbonyl (C=O) groups excluding carboxylic acids is 3. The molecule has 0 atom stereocenters. The van der Waals surface area contributed by atoms with Crippen LogP contribution in [0.2, 0.25) is 0 Å². The van der Waals surface area contributed by atoms with Crippen LogP contribution in [0.15, 0.2) is 0 Å². The standard InChI is InChI=1S/3CH3NO.3Na/c3*2-1-3;;;/h3*1H,(H2,2,3);;;/q;;;3*+1/p-3. The molecule has 0 radical (unpaired) electrons. The molecule has 0 aromatic carbocycles. The minimum absolute atomic E-state index is 0. The fraction of sp³-hybridized carbons (Fsp3) is 0. The number of amides is 3. The van der Waals surface area contributed by atoms with Gasteiger partial charge < -0.3 is 31.6 Å². The second-order valence-corrected chi connectivity index (χ2v) is 0.354. The van der Waals surface area contributed by atoms with Crippen molar-refractivity contribution in [2.75, 3.05) is 0 Å². The summed E-state index contributed by atoms with van der Waals surface area (Å²) in [6, 6.07) is 0. The molecule has 3 N–H and O–H groups in total. The molecule has 0 aliphatic heterocycles. The van der Waals surface area contributed by atoms with E-state index >= 15 is 0 Å². The van der Waals surface area contributed by atoms with Crippen molar-refractivity contribution in [3.05, 3.63) is 17.2 Å². The van der Waals surface area contributed by atoms with E-state index in [9.17, 15) is 0 Å². The summed E-state index contributed by atoms with van der Waals surface area (Å²) >= 11 is 0. The molecule has 0 aliphatic carbocycles. The topological polar surface area (TPSA) is 123 Å². The first kappa shape index (κ1) is 37.6. The van der Waals surface area contributed by atoms with Gasteiger partial charge in [-0.25, -0.2) is 0 Å². The van der Waals surface area contributed by atoms with Crippen molar-refractivity contribution < 1.29 is 103 Å². The Balaban J connectivity index is -0.00000001000. The van der Waals surface area contributed by atoms with Crippen molar-refractivity contribution in [3.63, 3.8) is 0 Å². The van der Waals surface area contributed by atoms with E-state index in [0.717, 1.165) is 0 Å². The van der Waals surface area contributed by atoms with E-state index < -0.39 is 0 Å². The van der Waals surface area contributed by atoms with Crippen LogP contribution in [0, 0.1) is 0 Å². The summed E-state index contributed by atoms with van der Waals surface area (Å²) in [6.45, 7) is 0. The summed E-state index contributed by atoms with van der Waals surface area (Å²) in [4.78, 5) is 25.4. The molecule has 0 fully saturated rings. The molecule has 0 spiro atoms. The summed E-state index contributed by atoms with van der Waals surface area (Å²) in [5.41, 5.74) is 16.6. The Morgan fingerprint density at radius 2 is 0.583 bits per heavy atom. The van der Waals surface area contributed by atoms with E-state index in [0.29, 0.717) is 0 Å². The second kappa shape index (κ2) is 83.1. The maximum atomic E-state index is 8.47. The van der Waals surface area contributed by atoms with Gasteiger partial charge in [-0.2, -0.15) is 0 Å². The fourth-order valence-electron chi connectivity index (χ4n) is 0. The Morgan fingerprint density at radius 3 is 0.583 bits per heavy atom. The zero-order valence-corrected chi connectivity index (χ0v) is 13.5. The molecule has 9 heteroatoms. The minimum atomic E-state index is 0.